The molecule has 8 heteroatoms. The zero-order chi connectivity index (χ0) is 16.9. The third-order valence-electron chi connectivity index (χ3n) is 3.76. The lowest BCUT2D eigenvalue weighted by atomic mass is 9.87. The van der Waals surface area contributed by atoms with Gasteiger partial charge in [0.05, 0.1) is 22.4 Å². The van der Waals surface area contributed by atoms with Gasteiger partial charge in [0.25, 0.3) is 0 Å². The van der Waals surface area contributed by atoms with Gasteiger partial charge in [-0.15, -0.1) is 0 Å². The van der Waals surface area contributed by atoms with Crippen molar-refractivity contribution >= 4 is 17.7 Å². The number of carbonyl (C=O) groups excluding carboxylic acids is 1. The van der Waals surface area contributed by atoms with E-state index >= 15 is 0 Å². The second-order valence-corrected chi connectivity index (χ2v) is 6.66. The Bertz CT molecular complexity index is 522. The van der Waals surface area contributed by atoms with Crippen molar-refractivity contribution in [3.05, 3.63) is 23.9 Å². The number of nitrogens with zero attached hydrogens (tertiary/aromatic N) is 1. The smallest absolute Gasteiger partial charge is 0.393 e. The van der Waals surface area contributed by atoms with Crippen molar-refractivity contribution in [2.75, 3.05) is 12.3 Å². The molecule has 0 aromatic carbocycles. The zero-order valence-electron chi connectivity index (χ0n) is 12.5. The minimum Gasteiger partial charge on any atom is -0.393 e. The lowest BCUT2D eigenvalue weighted by molar-refractivity contribution is -0.137. The van der Waals surface area contributed by atoms with Gasteiger partial charge in [0.1, 0.15) is 0 Å². The molecule has 0 radical (unpaired) electrons. The van der Waals surface area contributed by atoms with E-state index in [0.717, 1.165) is 43.3 Å². The molecule has 0 saturated heterocycles. The average Bonchev–Trinajstić information content (AvgIpc) is 2.50. The number of halogens is 3. The van der Waals surface area contributed by atoms with Gasteiger partial charge >= 0.3 is 6.18 Å². The lowest BCUT2D eigenvalue weighted by Crippen LogP contribution is -2.33. The van der Waals surface area contributed by atoms with Crippen LogP contribution in [0, 0.1) is 5.92 Å². The number of pyridine rings is 1. The molecule has 1 aromatic rings. The monoisotopic (exact) mass is 348 g/mol. The van der Waals surface area contributed by atoms with Gasteiger partial charge < -0.3 is 10.4 Å². The maximum Gasteiger partial charge on any atom is 0.417 e. The standard InChI is InChI=1S/C15H19F3N2O2S/c16-15(17,18)11-4-5-14(20-8-11)23-9-13(22)19-7-10-2-1-3-12(21)6-10/h4-5,8,10,12,21H,1-3,6-7,9H2,(H,19,22). The fraction of sp³-hybridized carbons (Fsp3) is 0.600. The van der Waals surface area contributed by atoms with Crippen LogP contribution in [0.1, 0.15) is 31.2 Å². The molecule has 2 unspecified atom stereocenters. The summed E-state index contributed by atoms with van der Waals surface area (Å²) >= 11 is 1.10. The average molecular weight is 348 g/mol. The van der Waals surface area contributed by atoms with Gasteiger partial charge in [-0.05, 0) is 37.3 Å². The Labute approximate surface area is 136 Å². The van der Waals surface area contributed by atoms with Crippen LogP contribution >= 0.6 is 11.8 Å². The molecule has 0 bridgehead atoms. The number of nitrogens with one attached hydrogen (secondary N) is 1. The van der Waals surface area contributed by atoms with E-state index in [4.69, 9.17) is 0 Å². The fourth-order valence-corrected chi connectivity index (χ4v) is 3.20. The number of carbonyl (C=O) groups is 1. The molecule has 1 heterocycles. The normalized spacial score (nSPS) is 21.9. The van der Waals surface area contributed by atoms with E-state index in [1.54, 1.807) is 0 Å². The highest BCUT2D eigenvalue weighted by molar-refractivity contribution is 7.99. The number of aliphatic hydroxyl groups is 1. The molecule has 1 aliphatic carbocycles. The number of rotatable bonds is 5. The highest BCUT2D eigenvalue weighted by atomic mass is 32.2. The van der Waals surface area contributed by atoms with E-state index in [-0.39, 0.29) is 23.7 Å². The number of thioether (sulfide) groups is 1. The minimum atomic E-state index is -4.40. The molecule has 4 nitrogen and oxygen atoms in total. The molecule has 23 heavy (non-hydrogen) atoms. The topological polar surface area (TPSA) is 62.2 Å². The van der Waals surface area contributed by atoms with Crippen molar-refractivity contribution in [1.29, 1.82) is 0 Å². The van der Waals surface area contributed by atoms with Gasteiger partial charge in [0.2, 0.25) is 5.91 Å². The van der Waals surface area contributed by atoms with E-state index in [1.807, 2.05) is 0 Å². The van der Waals surface area contributed by atoms with Crippen LogP contribution in [0.25, 0.3) is 0 Å². The van der Waals surface area contributed by atoms with Crippen LogP contribution < -0.4 is 5.32 Å². The number of amides is 1. The van der Waals surface area contributed by atoms with Crippen molar-refractivity contribution in [1.82, 2.24) is 10.3 Å². The van der Waals surface area contributed by atoms with Gasteiger partial charge in [0.15, 0.2) is 0 Å². The van der Waals surface area contributed by atoms with E-state index < -0.39 is 11.7 Å². The second-order valence-electron chi connectivity index (χ2n) is 5.66. The summed E-state index contributed by atoms with van der Waals surface area (Å²) in [5, 5.41) is 12.7. The number of hydrogen-bond donors (Lipinski definition) is 2. The summed E-state index contributed by atoms with van der Waals surface area (Å²) in [5.41, 5.74) is -0.804. The van der Waals surface area contributed by atoms with Crippen LogP contribution in [-0.4, -0.2) is 34.4 Å². The molecular weight excluding hydrogens is 329 g/mol. The molecule has 1 saturated carbocycles. The highest BCUT2D eigenvalue weighted by Gasteiger charge is 2.30. The number of alkyl halides is 3. The molecular formula is C15H19F3N2O2S. The van der Waals surface area contributed by atoms with Gasteiger partial charge in [0, 0.05) is 12.7 Å². The third kappa shape index (κ3) is 6.02. The van der Waals surface area contributed by atoms with Crippen LogP contribution in [0.4, 0.5) is 13.2 Å². The Kier molecular flexibility index (Phi) is 6.29. The van der Waals surface area contributed by atoms with Crippen molar-refractivity contribution in [2.45, 2.75) is 43.0 Å². The first kappa shape index (κ1) is 18.1. The van der Waals surface area contributed by atoms with Gasteiger partial charge in [-0.1, -0.05) is 18.2 Å². The summed E-state index contributed by atoms with van der Waals surface area (Å²) in [6.45, 7) is 0.525. The Morgan fingerprint density at radius 2 is 2.17 bits per heavy atom. The summed E-state index contributed by atoms with van der Waals surface area (Å²) < 4.78 is 37.2. The van der Waals surface area contributed by atoms with Crippen LogP contribution in [0.2, 0.25) is 0 Å². The van der Waals surface area contributed by atoms with Crippen molar-refractivity contribution in [3.63, 3.8) is 0 Å². The summed E-state index contributed by atoms with van der Waals surface area (Å²) in [5.74, 6) is 0.210. The summed E-state index contributed by atoms with van der Waals surface area (Å²) in [4.78, 5) is 15.5. The van der Waals surface area contributed by atoms with Gasteiger partial charge in [-0.25, -0.2) is 4.98 Å². The SMILES string of the molecule is O=C(CSc1ccc(C(F)(F)F)cn1)NCC1CCCC(O)C1. The first-order valence-corrected chi connectivity index (χ1v) is 8.44. The van der Waals surface area contributed by atoms with Crippen LogP contribution in [-0.2, 0) is 11.0 Å². The Hall–Kier alpha value is -1.28. The van der Waals surface area contributed by atoms with E-state index in [1.165, 1.54) is 6.07 Å². The largest absolute Gasteiger partial charge is 0.417 e. The predicted octanol–water partition coefficient (Wildman–Crippen LogP) is 2.86. The Morgan fingerprint density at radius 3 is 2.78 bits per heavy atom. The maximum absolute atomic E-state index is 12.4. The lowest BCUT2D eigenvalue weighted by Gasteiger charge is -2.25. The molecule has 2 atom stereocenters. The molecule has 1 fully saturated rings. The maximum atomic E-state index is 12.4. The quantitative estimate of drug-likeness (QED) is 0.804. The van der Waals surface area contributed by atoms with Crippen LogP contribution in [0.3, 0.4) is 0 Å². The highest BCUT2D eigenvalue weighted by Crippen LogP contribution is 2.29. The first-order chi connectivity index (χ1) is 10.8. The first-order valence-electron chi connectivity index (χ1n) is 7.45. The molecule has 0 aliphatic heterocycles. The van der Waals surface area contributed by atoms with Crippen LogP contribution in [0.5, 0.6) is 0 Å². The minimum absolute atomic E-state index is 0.105. The molecule has 128 valence electrons. The van der Waals surface area contributed by atoms with Crippen LogP contribution in [0.15, 0.2) is 23.4 Å². The Morgan fingerprint density at radius 1 is 1.39 bits per heavy atom. The zero-order valence-corrected chi connectivity index (χ0v) is 13.3. The number of hydrogen-bond acceptors (Lipinski definition) is 4. The molecule has 1 amide bonds. The predicted molar refractivity (Wildman–Crippen MR) is 80.9 cm³/mol. The Balaban J connectivity index is 1.71. The molecule has 2 N–H and O–H groups in total. The fourth-order valence-electron chi connectivity index (χ4n) is 2.53. The molecule has 0 spiro atoms. The van der Waals surface area contributed by atoms with Gasteiger partial charge in [-0.2, -0.15) is 13.2 Å². The van der Waals surface area contributed by atoms with Crippen molar-refractivity contribution < 1.29 is 23.1 Å². The number of aromatic nitrogens is 1. The van der Waals surface area contributed by atoms with Crippen molar-refractivity contribution in [3.8, 4) is 0 Å². The number of aliphatic hydroxyl groups excluding tert-OH is 1. The van der Waals surface area contributed by atoms with E-state index in [0.29, 0.717) is 18.0 Å². The second kappa shape index (κ2) is 8.01. The molecule has 2 rings (SSSR count). The van der Waals surface area contributed by atoms with E-state index in [9.17, 15) is 23.1 Å². The summed E-state index contributed by atoms with van der Waals surface area (Å²) in [7, 11) is 0. The molecule has 1 aromatic heterocycles. The summed E-state index contributed by atoms with van der Waals surface area (Å²) in [6, 6.07) is 2.22. The summed E-state index contributed by atoms with van der Waals surface area (Å²) in [6.07, 6.45) is -0.441. The van der Waals surface area contributed by atoms with Gasteiger partial charge in [-0.3, -0.25) is 4.79 Å². The third-order valence-corrected chi connectivity index (χ3v) is 4.70. The van der Waals surface area contributed by atoms with Crippen molar-refractivity contribution in [2.24, 2.45) is 5.92 Å². The van der Waals surface area contributed by atoms with E-state index in [2.05, 4.69) is 10.3 Å². The molecule has 1 aliphatic rings.